The van der Waals surface area contributed by atoms with E-state index in [1.165, 1.54) is 47.6 Å². The van der Waals surface area contributed by atoms with Gasteiger partial charge in [0.25, 0.3) is 0 Å². The van der Waals surface area contributed by atoms with Crippen LogP contribution in [0, 0.1) is 0 Å². The molecule has 2 heteroatoms. The average Bonchev–Trinajstić information content (AvgIpc) is 2.63. The van der Waals surface area contributed by atoms with Crippen LogP contribution in [0.5, 0.6) is 11.5 Å². The van der Waals surface area contributed by atoms with E-state index in [0.717, 1.165) is 50.4 Å². The van der Waals surface area contributed by atoms with E-state index < -0.39 is 0 Å². The van der Waals surface area contributed by atoms with Gasteiger partial charge in [0, 0.05) is 21.9 Å². The zero-order chi connectivity index (χ0) is 16.8. The van der Waals surface area contributed by atoms with Crippen LogP contribution >= 0.6 is 0 Å². The molecule has 130 valence electrons. The number of hydrogen-bond acceptors (Lipinski definition) is 2. The van der Waals surface area contributed by atoms with E-state index in [-0.39, 0.29) is 0 Å². The van der Waals surface area contributed by atoms with Crippen LogP contribution in [0.25, 0.3) is 10.8 Å². The monoisotopic (exact) mass is 326 g/mol. The van der Waals surface area contributed by atoms with Crippen LogP contribution < -0.4 is 9.47 Å². The lowest BCUT2D eigenvalue weighted by atomic mass is 9.87. The summed E-state index contributed by atoms with van der Waals surface area (Å²) in [5, 5.41) is 2.45. The topological polar surface area (TPSA) is 18.5 Å². The fourth-order valence-electron chi connectivity index (χ4n) is 3.58. The first-order valence-electron chi connectivity index (χ1n) is 9.68. The quantitative estimate of drug-likeness (QED) is 0.548. The van der Waals surface area contributed by atoms with Gasteiger partial charge in [-0.1, -0.05) is 51.0 Å². The average molecular weight is 326 g/mol. The minimum Gasteiger partial charge on any atom is -0.493 e. The van der Waals surface area contributed by atoms with E-state index >= 15 is 0 Å². The van der Waals surface area contributed by atoms with Crippen LogP contribution in [0.2, 0.25) is 0 Å². The lowest BCUT2D eigenvalue weighted by molar-refractivity contribution is 0.299. The van der Waals surface area contributed by atoms with E-state index in [1.54, 1.807) is 0 Å². The zero-order valence-electron chi connectivity index (χ0n) is 15.2. The Balaban J connectivity index is 2.08. The van der Waals surface area contributed by atoms with Crippen molar-refractivity contribution in [1.29, 1.82) is 0 Å². The molecule has 0 spiro atoms. The summed E-state index contributed by atoms with van der Waals surface area (Å²) in [5.74, 6) is 2.24. The summed E-state index contributed by atoms with van der Waals surface area (Å²) in [6, 6.07) is 8.61. The molecule has 0 amide bonds. The van der Waals surface area contributed by atoms with E-state index in [0.29, 0.717) is 0 Å². The maximum absolute atomic E-state index is 6.28. The van der Waals surface area contributed by atoms with Crippen molar-refractivity contribution in [2.45, 2.75) is 65.2 Å². The molecule has 0 fully saturated rings. The molecule has 0 aromatic heterocycles. The lowest BCUT2D eigenvalue weighted by Gasteiger charge is -2.25. The second-order valence-corrected chi connectivity index (χ2v) is 6.77. The van der Waals surface area contributed by atoms with Gasteiger partial charge in [0.15, 0.2) is 0 Å². The summed E-state index contributed by atoms with van der Waals surface area (Å²) in [6.45, 7) is 6.04. The summed E-state index contributed by atoms with van der Waals surface area (Å²) in [6.07, 6.45) is 9.29. The molecule has 3 rings (SSSR count). The fourth-order valence-corrected chi connectivity index (χ4v) is 3.58. The Kier molecular flexibility index (Phi) is 6.01. The van der Waals surface area contributed by atoms with Crippen molar-refractivity contribution in [1.82, 2.24) is 0 Å². The molecule has 2 aromatic rings. The molecule has 0 bridgehead atoms. The second-order valence-electron chi connectivity index (χ2n) is 6.77. The maximum Gasteiger partial charge on any atom is 0.130 e. The van der Waals surface area contributed by atoms with Crippen LogP contribution in [0.3, 0.4) is 0 Å². The highest BCUT2D eigenvalue weighted by atomic mass is 16.5. The second kappa shape index (κ2) is 8.41. The minimum absolute atomic E-state index is 0.809. The summed E-state index contributed by atoms with van der Waals surface area (Å²) in [7, 11) is 0. The van der Waals surface area contributed by atoms with Crippen LogP contribution in [-0.4, -0.2) is 13.2 Å². The Bertz CT molecular complexity index is 617. The van der Waals surface area contributed by atoms with Crippen molar-refractivity contribution < 1.29 is 9.47 Å². The molecule has 1 aliphatic rings. The standard InChI is InChI=1S/C22H30O2/c1-3-5-15-23-21-17-11-7-9-13-19(17)22(24-16-6-4-2)20-14-10-8-12-18(20)21/h7,9,11,13H,3-6,8,10,12,14-16H2,1-2H3. The van der Waals surface area contributed by atoms with Crippen LogP contribution in [-0.2, 0) is 12.8 Å². The molecule has 1 aliphatic carbocycles. The van der Waals surface area contributed by atoms with Gasteiger partial charge in [-0.15, -0.1) is 0 Å². The Hall–Kier alpha value is -1.70. The Morgan fingerprint density at radius 3 is 1.62 bits per heavy atom. The van der Waals surface area contributed by atoms with Gasteiger partial charge in [0.2, 0.25) is 0 Å². The molecular formula is C22H30O2. The van der Waals surface area contributed by atoms with Crippen LogP contribution in [0.1, 0.15) is 63.5 Å². The number of fused-ring (bicyclic) bond motifs is 2. The number of ether oxygens (including phenoxy) is 2. The molecule has 2 aromatic carbocycles. The summed E-state index contributed by atoms with van der Waals surface area (Å²) < 4.78 is 12.6. The van der Waals surface area contributed by atoms with Crippen molar-refractivity contribution in [3.05, 3.63) is 35.4 Å². The fraction of sp³-hybridized carbons (Fsp3) is 0.545. The predicted octanol–water partition coefficient (Wildman–Crippen LogP) is 6.08. The van der Waals surface area contributed by atoms with Crippen molar-refractivity contribution >= 4 is 10.8 Å². The van der Waals surface area contributed by atoms with Crippen molar-refractivity contribution in [2.75, 3.05) is 13.2 Å². The molecule has 0 atom stereocenters. The van der Waals surface area contributed by atoms with Gasteiger partial charge in [-0.2, -0.15) is 0 Å². The molecule has 0 saturated heterocycles. The lowest BCUT2D eigenvalue weighted by Crippen LogP contribution is -2.11. The number of hydrogen-bond donors (Lipinski definition) is 0. The third-order valence-electron chi connectivity index (χ3n) is 4.92. The molecule has 0 radical (unpaired) electrons. The van der Waals surface area contributed by atoms with Gasteiger partial charge in [0.1, 0.15) is 11.5 Å². The zero-order valence-corrected chi connectivity index (χ0v) is 15.2. The van der Waals surface area contributed by atoms with Gasteiger partial charge < -0.3 is 9.47 Å². The Morgan fingerprint density at radius 2 is 1.21 bits per heavy atom. The third kappa shape index (κ3) is 3.53. The molecule has 0 N–H and O–H groups in total. The van der Waals surface area contributed by atoms with E-state index in [9.17, 15) is 0 Å². The maximum atomic E-state index is 6.28. The number of benzene rings is 2. The Morgan fingerprint density at radius 1 is 0.750 bits per heavy atom. The van der Waals surface area contributed by atoms with Gasteiger partial charge in [-0.3, -0.25) is 0 Å². The van der Waals surface area contributed by atoms with Crippen molar-refractivity contribution in [3.63, 3.8) is 0 Å². The molecule has 0 saturated carbocycles. The van der Waals surface area contributed by atoms with E-state index in [4.69, 9.17) is 9.47 Å². The SMILES string of the molecule is CCCCOc1c2c(c(OCCCC)c3ccccc13)CCCC2. The predicted molar refractivity (Wildman–Crippen MR) is 101 cm³/mol. The number of rotatable bonds is 8. The minimum atomic E-state index is 0.809. The first kappa shape index (κ1) is 17.1. The highest BCUT2D eigenvalue weighted by Crippen LogP contribution is 2.44. The third-order valence-corrected chi connectivity index (χ3v) is 4.92. The van der Waals surface area contributed by atoms with Gasteiger partial charge in [-0.05, 0) is 38.5 Å². The smallest absolute Gasteiger partial charge is 0.130 e. The van der Waals surface area contributed by atoms with Gasteiger partial charge in [-0.25, -0.2) is 0 Å². The van der Waals surface area contributed by atoms with Crippen LogP contribution in [0.4, 0.5) is 0 Å². The van der Waals surface area contributed by atoms with Crippen molar-refractivity contribution in [3.8, 4) is 11.5 Å². The number of unbranched alkanes of at least 4 members (excludes halogenated alkanes) is 2. The highest BCUT2D eigenvalue weighted by Gasteiger charge is 2.23. The molecule has 0 unspecified atom stereocenters. The van der Waals surface area contributed by atoms with Crippen molar-refractivity contribution in [2.24, 2.45) is 0 Å². The normalized spacial score (nSPS) is 13.8. The largest absolute Gasteiger partial charge is 0.493 e. The molecule has 24 heavy (non-hydrogen) atoms. The summed E-state index contributed by atoms with van der Waals surface area (Å²) in [4.78, 5) is 0. The Labute approximate surface area is 146 Å². The van der Waals surface area contributed by atoms with Gasteiger partial charge in [0.05, 0.1) is 13.2 Å². The van der Waals surface area contributed by atoms with Crippen LogP contribution in [0.15, 0.2) is 24.3 Å². The molecule has 2 nitrogen and oxygen atoms in total. The highest BCUT2D eigenvalue weighted by molar-refractivity contribution is 5.96. The van der Waals surface area contributed by atoms with Gasteiger partial charge >= 0.3 is 0 Å². The van der Waals surface area contributed by atoms with E-state index in [2.05, 4.69) is 38.1 Å². The van der Waals surface area contributed by atoms with E-state index in [1.807, 2.05) is 0 Å². The molecule has 0 aliphatic heterocycles. The first-order chi connectivity index (χ1) is 11.9. The summed E-state index contributed by atoms with van der Waals surface area (Å²) in [5.41, 5.74) is 2.81. The first-order valence-corrected chi connectivity index (χ1v) is 9.68. The molecular weight excluding hydrogens is 296 g/mol. The molecule has 0 heterocycles. The summed E-state index contributed by atoms with van der Waals surface area (Å²) >= 11 is 0.